The molecule has 2 aromatic rings. The van der Waals surface area contributed by atoms with Crippen LogP contribution in [-0.4, -0.2) is 56.1 Å². The molecule has 4 rings (SSSR count). The van der Waals surface area contributed by atoms with E-state index in [9.17, 15) is 26.4 Å². The summed E-state index contributed by atoms with van der Waals surface area (Å²) < 4.78 is 66.6. The van der Waals surface area contributed by atoms with Crippen molar-refractivity contribution >= 4 is 44.8 Å². The number of amides is 1. The highest BCUT2D eigenvalue weighted by molar-refractivity contribution is 7.88. The van der Waals surface area contributed by atoms with E-state index in [1.807, 2.05) is 0 Å². The van der Waals surface area contributed by atoms with E-state index >= 15 is 0 Å². The minimum absolute atomic E-state index is 0.0167. The number of nitrogens with zero attached hydrogens (tertiary/aromatic N) is 2. The van der Waals surface area contributed by atoms with Crippen molar-refractivity contribution in [3.63, 3.8) is 0 Å². The number of halogens is 5. The van der Waals surface area contributed by atoms with E-state index in [1.54, 1.807) is 6.92 Å². The second-order valence-corrected chi connectivity index (χ2v) is 11.3. The molecule has 2 aliphatic heterocycles. The summed E-state index contributed by atoms with van der Waals surface area (Å²) in [5, 5.41) is 6.47. The lowest BCUT2D eigenvalue weighted by Crippen LogP contribution is -2.42. The Kier molecular flexibility index (Phi) is 7.03. The van der Waals surface area contributed by atoms with Crippen LogP contribution in [0.2, 0.25) is 10.0 Å². The fourth-order valence-corrected chi connectivity index (χ4v) is 5.21. The van der Waals surface area contributed by atoms with Crippen molar-refractivity contribution < 1.29 is 36.1 Å². The SMILES string of the molecule is Cc1cc(C2=NOC(c3cc(Cl)cc(Cl)c3)(C(F)(F)F)C2)ccc1C(=O)NC1CON(S(C)(=O)=O)C1. The van der Waals surface area contributed by atoms with Crippen molar-refractivity contribution in [1.82, 2.24) is 9.79 Å². The molecule has 2 heterocycles. The van der Waals surface area contributed by atoms with Gasteiger partial charge in [0, 0.05) is 27.6 Å². The molecule has 0 saturated carbocycles. The maximum absolute atomic E-state index is 14.2. The number of carbonyl (C=O) groups excluding carboxylic acids is 1. The summed E-state index contributed by atoms with van der Waals surface area (Å²) in [6, 6.07) is 7.48. The van der Waals surface area contributed by atoms with Gasteiger partial charge in [-0.3, -0.25) is 9.63 Å². The Morgan fingerprint density at radius 3 is 2.42 bits per heavy atom. The number of hydroxylamine groups is 1. The normalized spacial score (nSPS) is 22.9. The molecule has 194 valence electrons. The Morgan fingerprint density at radius 2 is 1.86 bits per heavy atom. The van der Waals surface area contributed by atoms with Gasteiger partial charge < -0.3 is 10.2 Å². The summed E-state index contributed by atoms with van der Waals surface area (Å²) in [5.74, 6) is -0.481. The van der Waals surface area contributed by atoms with Crippen molar-refractivity contribution in [2.45, 2.75) is 31.2 Å². The van der Waals surface area contributed by atoms with Crippen LogP contribution in [0.4, 0.5) is 13.2 Å². The maximum Gasteiger partial charge on any atom is 0.435 e. The highest BCUT2D eigenvalue weighted by atomic mass is 35.5. The van der Waals surface area contributed by atoms with E-state index in [4.69, 9.17) is 32.9 Å². The number of alkyl halides is 3. The Bertz CT molecular complexity index is 1330. The standard InChI is InChI=1S/C22H20Cl2F3N3O5S/c1-12-5-13(3-4-18(12)20(31)28-17-10-30(34-11-17)36(2,32)33)19-9-21(35-29-19,22(25,26)27)14-6-15(23)8-16(24)7-14/h3-8,17H,9-11H2,1-2H3,(H,28,31). The molecule has 36 heavy (non-hydrogen) atoms. The summed E-state index contributed by atoms with van der Waals surface area (Å²) in [4.78, 5) is 22.8. The average molecular weight is 566 g/mol. The number of benzene rings is 2. The van der Waals surface area contributed by atoms with Gasteiger partial charge in [0.15, 0.2) is 0 Å². The van der Waals surface area contributed by atoms with Gasteiger partial charge >= 0.3 is 6.18 Å². The van der Waals surface area contributed by atoms with Gasteiger partial charge in [-0.25, -0.2) is 8.42 Å². The van der Waals surface area contributed by atoms with E-state index in [1.165, 1.54) is 24.3 Å². The zero-order valence-electron chi connectivity index (χ0n) is 18.9. The molecular formula is C22H20Cl2F3N3O5S. The molecule has 1 amide bonds. The molecule has 0 aromatic heterocycles. The third-order valence-electron chi connectivity index (χ3n) is 5.81. The van der Waals surface area contributed by atoms with Crippen LogP contribution in [0.25, 0.3) is 0 Å². The second-order valence-electron chi connectivity index (χ2n) is 8.53. The number of hydrogen-bond donors (Lipinski definition) is 1. The molecular weight excluding hydrogens is 546 g/mol. The molecule has 14 heteroatoms. The first-order valence-corrected chi connectivity index (χ1v) is 13.1. The molecule has 0 spiro atoms. The van der Waals surface area contributed by atoms with Crippen LogP contribution in [-0.2, 0) is 25.3 Å². The molecule has 0 aliphatic carbocycles. The number of sulfonamides is 1. The van der Waals surface area contributed by atoms with E-state index in [0.29, 0.717) is 11.1 Å². The van der Waals surface area contributed by atoms with Crippen LogP contribution in [0.1, 0.15) is 33.5 Å². The van der Waals surface area contributed by atoms with Crippen LogP contribution in [0.5, 0.6) is 0 Å². The Morgan fingerprint density at radius 1 is 1.19 bits per heavy atom. The smallest absolute Gasteiger partial charge is 0.374 e. The fourth-order valence-electron chi connectivity index (χ4n) is 3.98. The lowest BCUT2D eigenvalue weighted by molar-refractivity contribution is -0.275. The lowest BCUT2D eigenvalue weighted by Gasteiger charge is -2.29. The number of hydrogen-bond acceptors (Lipinski definition) is 6. The lowest BCUT2D eigenvalue weighted by atomic mass is 9.86. The van der Waals surface area contributed by atoms with Gasteiger partial charge in [-0.2, -0.15) is 13.2 Å². The van der Waals surface area contributed by atoms with Crippen molar-refractivity contribution in [2.24, 2.45) is 5.16 Å². The summed E-state index contributed by atoms with van der Waals surface area (Å²) >= 11 is 11.9. The Hall–Kier alpha value is -2.38. The predicted octanol–water partition coefficient (Wildman–Crippen LogP) is 4.19. The maximum atomic E-state index is 14.2. The highest BCUT2D eigenvalue weighted by Crippen LogP contribution is 2.49. The highest BCUT2D eigenvalue weighted by Gasteiger charge is 2.62. The molecule has 1 fully saturated rings. The number of aryl methyl sites for hydroxylation is 1. The van der Waals surface area contributed by atoms with Crippen LogP contribution in [0, 0.1) is 6.92 Å². The van der Waals surface area contributed by atoms with Crippen LogP contribution < -0.4 is 5.32 Å². The van der Waals surface area contributed by atoms with Crippen LogP contribution in [0.3, 0.4) is 0 Å². The third-order valence-corrected chi connectivity index (χ3v) is 7.24. The molecule has 2 atom stereocenters. The summed E-state index contributed by atoms with van der Waals surface area (Å²) in [6.07, 6.45) is -4.47. The molecule has 8 nitrogen and oxygen atoms in total. The largest absolute Gasteiger partial charge is 0.435 e. The van der Waals surface area contributed by atoms with Crippen molar-refractivity contribution in [1.29, 1.82) is 0 Å². The Balaban J connectivity index is 1.53. The van der Waals surface area contributed by atoms with Gasteiger partial charge in [0.05, 0.1) is 31.2 Å². The van der Waals surface area contributed by atoms with E-state index in [2.05, 4.69) is 10.5 Å². The monoisotopic (exact) mass is 565 g/mol. The van der Waals surface area contributed by atoms with Gasteiger partial charge in [-0.05, 0) is 48.4 Å². The Labute approximate surface area is 214 Å². The first-order chi connectivity index (χ1) is 16.7. The summed E-state index contributed by atoms with van der Waals surface area (Å²) in [6.45, 7) is 1.57. The van der Waals surface area contributed by atoms with Crippen LogP contribution >= 0.6 is 23.2 Å². The zero-order valence-corrected chi connectivity index (χ0v) is 21.2. The van der Waals surface area contributed by atoms with Gasteiger partial charge in [0.2, 0.25) is 10.0 Å². The van der Waals surface area contributed by atoms with Crippen molar-refractivity contribution in [3.8, 4) is 0 Å². The average Bonchev–Trinajstić information content (AvgIpc) is 3.40. The van der Waals surface area contributed by atoms with Gasteiger partial charge in [-0.15, -0.1) is 0 Å². The molecule has 2 aliphatic rings. The first kappa shape index (κ1) is 26.7. The van der Waals surface area contributed by atoms with Crippen molar-refractivity contribution in [2.75, 3.05) is 19.4 Å². The topological polar surface area (TPSA) is 97.3 Å². The minimum atomic E-state index is -4.83. The van der Waals surface area contributed by atoms with E-state index in [-0.39, 0.29) is 40.0 Å². The van der Waals surface area contributed by atoms with Crippen LogP contribution in [0.15, 0.2) is 41.6 Å². The molecule has 2 unspecified atom stereocenters. The molecule has 0 radical (unpaired) electrons. The number of nitrogens with one attached hydrogen (secondary N) is 1. The second kappa shape index (κ2) is 9.49. The molecule has 1 N–H and O–H groups in total. The summed E-state index contributed by atoms with van der Waals surface area (Å²) in [7, 11) is -3.56. The molecule has 0 bridgehead atoms. The number of oxime groups is 1. The van der Waals surface area contributed by atoms with E-state index in [0.717, 1.165) is 22.9 Å². The molecule has 2 aromatic carbocycles. The number of carbonyl (C=O) groups is 1. The zero-order chi connectivity index (χ0) is 26.5. The summed E-state index contributed by atoms with van der Waals surface area (Å²) in [5.41, 5.74) is -1.93. The van der Waals surface area contributed by atoms with Crippen molar-refractivity contribution in [3.05, 3.63) is 68.7 Å². The van der Waals surface area contributed by atoms with Gasteiger partial charge in [-0.1, -0.05) is 38.9 Å². The van der Waals surface area contributed by atoms with Gasteiger partial charge in [0.1, 0.15) is 0 Å². The fraction of sp³-hybridized carbons (Fsp3) is 0.364. The molecule has 1 saturated heterocycles. The minimum Gasteiger partial charge on any atom is -0.374 e. The first-order valence-electron chi connectivity index (χ1n) is 10.5. The number of rotatable bonds is 5. The predicted molar refractivity (Wildman–Crippen MR) is 126 cm³/mol. The quantitative estimate of drug-likeness (QED) is 0.586. The van der Waals surface area contributed by atoms with Gasteiger partial charge in [0.25, 0.3) is 11.5 Å². The van der Waals surface area contributed by atoms with E-state index < -0.39 is 40.2 Å². The third kappa shape index (κ3) is 5.18.